The summed E-state index contributed by atoms with van der Waals surface area (Å²) in [6.07, 6.45) is 6.59. The Kier molecular flexibility index (Phi) is 5.37. The highest BCUT2D eigenvalue weighted by atomic mass is 16.2. The average molecular weight is 444 g/mol. The van der Waals surface area contributed by atoms with E-state index < -0.39 is 0 Å². The summed E-state index contributed by atoms with van der Waals surface area (Å²) < 4.78 is 3.34. The molecule has 168 valence electrons. The van der Waals surface area contributed by atoms with Gasteiger partial charge in [0.2, 0.25) is 5.91 Å². The molecular weight excluding hydrogens is 418 g/mol. The Balaban J connectivity index is 1.46. The van der Waals surface area contributed by atoms with E-state index in [-0.39, 0.29) is 17.7 Å². The summed E-state index contributed by atoms with van der Waals surface area (Å²) in [7, 11) is 0. The molecule has 4 aromatic rings. The van der Waals surface area contributed by atoms with Crippen LogP contribution in [0.15, 0.2) is 55.0 Å². The van der Waals surface area contributed by atoms with E-state index in [0.29, 0.717) is 30.1 Å². The number of aromatic nitrogens is 5. The van der Waals surface area contributed by atoms with Gasteiger partial charge in [0.15, 0.2) is 5.65 Å². The summed E-state index contributed by atoms with van der Waals surface area (Å²) in [5.41, 5.74) is 3.80. The molecule has 0 radical (unpaired) electrons. The molecule has 0 atom stereocenters. The van der Waals surface area contributed by atoms with Gasteiger partial charge in [0.1, 0.15) is 11.4 Å². The number of fused-ring (bicyclic) bond motifs is 1. The third-order valence-electron chi connectivity index (χ3n) is 6.13. The van der Waals surface area contributed by atoms with Crippen LogP contribution in [0.3, 0.4) is 0 Å². The molecule has 1 fully saturated rings. The van der Waals surface area contributed by atoms with Crippen molar-refractivity contribution in [3.63, 3.8) is 0 Å². The lowest BCUT2D eigenvalue weighted by Crippen LogP contribution is -2.36. The van der Waals surface area contributed by atoms with Crippen LogP contribution in [0.1, 0.15) is 47.3 Å². The number of piperidine rings is 1. The second-order valence-electron chi connectivity index (χ2n) is 8.38. The smallest absolute Gasteiger partial charge is 0.262 e. The molecule has 1 aliphatic rings. The second-order valence-corrected chi connectivity index (χ2v) is 8.38. The zero-order valence-electron chi connectivity index (χ0n) is 18.6. The number of nitrogens with zero attached hydrogens (tertiary/aromatic N) is 6. The highest BCUT2D eigenvalue weighted by Gasteiger charge is 2.26. The first-order chi connectivity index (χ1) is 16.0. The Labute approximate surface area is 191 Å². The normalized spacial score (nSPS) is 14.5. The number of anilines is 1. The third-order valence-corrected chi connectivity index (χ3v) is 6.13. The minimum Gasteiger partial charge on any atom is -0.343 e. The Morgan fingerprint density at radius 3 is 2.61 bits per heavy atom. The number of hydrogen-bond donors (Lipinski definition) is 1. The Hall–Kier alpha value is -4.01. The first-order valence-corrected chi connectivity index (χ1v) is 11.0. The summed E-state index contributed by atoms with van der Waals surface area (Å²) in [5.74, 6) is 0.619. The monoisotopic (exact) mass is 443 g/mol. The molecule has 0 saturated carbocycles. The van der Waals surface area contributed by atoms with Gasteiger partial charge in [-0.15, -0.1) is 0 Å². The lowest BCUT2D eigenvalue weighted by atomic mass is 9.93. The van der Waals surface area contributed by atoms with E-state index in [1.54, 1.807) is 34.6 Å². The molecule has 3 aromatic heterocycles. The lowest BCUT2D eigenvalue weighted by Gasteiger charge is -2.30. The molecule has 0 bridgehead atoms. The maximum absolute atomic E-state index is 13.1. The number of amides is 2. The largest absolute Gasteiger partial charge is 0.343 e. The van der Waals surface area contributed by atoms with E-state index in [0.717, 1.165) is 29.8 Å². The van der Waals surface area contributed by atoms with Gasteiger partial charge in [-0.05, 0) is 38.0 Å². The number of likely N-dealkylation sites (tertiary alicyclic amines) is 1. The number of carbonyl (C=O) groups excluding carboxylic acids is 2. The van der Waals surface area contributed by atoms with Gasteiger partial charge in [0.05, 0.1) is 17.6 Å². The number of nitrogens with one attached hydrogen (secondary N) is 1. The quantitative estimate of drug-likeness (QED) is 0.522. The average Bonchev–Trinajstić information content (AvgIpc) is 3.44. The summed E-state index contributed by atoms with van der Waals surface area (Å²) in [6.45, 7) is 5.07. The molecule has 1 aliphatic heterocycles. The van der Waals surface area contributed by atoms with Gasteiger partial charge in [0.25, 0.3) is 5.91 Å². The van der Waals surface area contributed by atoms with Crippen LogP contribution >= 0.6 is 0 Å². The second kappa shape index (κ2) is 8.50. The zero-order chi connectivity index (χ0) is 22.9. The molecule has 5 rings (SSSR count). The number of benzene rings is 1. The maximum atomic E-state index is 13.1. The molecule has 1 aromatic carbocycles. The Morgan fingerprint density at radius 2 is 1.88 bits per heavy atom. The molecule has 4 heterocycles. The van der Waals surface area contributed by atoms with Crippen molar-refractivity contribution in [2.75, 3.05) is 18.4 Å². The minimum absolute atomic E-state index is 0.105. The van der Waals surface area contributed by atoms with Gasteiger partial charge in [-0.3, -0.25) is 9.59 Å². The fraction of sp³-hybridized carbons (Fsp3) is 0.292. The van der Waals surface area contributed by atoms with Crippen LogP contribution < -0.4 is 5.32 Å². The van der Waals surface area contributed by atoms with Crippen molar-refractivity contribution in [1.82, 2.24) is 29.3 Å². The first kappa shape index (κ1) is 20.9. The predicted octanol–water partition coefficient (Wildman–Crippen LogP) is 3.20. The molecule has 0 aliphatic carbocycles. The number of rotatable bonds is 4. The van der Waals surface area contributed by atoms with Crippen LogP contribution in [-0.4, -0.2) is 54.2 Å². The Morgan fingerprint density at radius 1 is 1.12 bits per heavy atom. The molecule has 0 spiro atoms. The number of aryl methyl sites for hydroxylation is 1. The topological polar surface area (TPSA) is 97.4 Å². The van der Waals surface area contributed by atoms with E-state index in [1.165, 1.54) is 6.20 Å². The standard InChI is InChI=1S/C24H25N7O2/c1-16-4-6-19(7-5-16)31-22(14-21(28-31)18-8-12-29(13-9-18)17(2)32)27-24(33)20-15-26-30-11-3-10-25-23(20)30/h3-7,10-11,14-15,18H,8-9,12-13H2,1-2H3,(H,27,33). The number of hydrogen-bond acceptors (Lipinski definition) is 5. The fourth-order valence-electron chi connectivity index (χ4n) is 4.23. The van der Waals surface area contributed by atoms with Gasteiger partial charge in [-0.25, -0.2) is 14.2 Å². The SMILES string of the molecule is CC(=O)N1CCC(c2cc(NC(=O)c3cnn4cccnc34)n(-c3ccc(C)cc3)n2)CC1. The van der Waals surface area contributed by atoms with Gasteiger partial charge in [0, 0.05) is 44.4 Å². The van der Waals surface area contributed by atoms with Crippen LogP contribution in [-0.2, 0) is 4.79 Å². The van der Waals surface area contributed by atoms with Gasteiger partial charge in [-0.2, -0.15) is 10.2 Å². The van der Waals surface area contributed by atoms with E-state index in [2.05, 4.69) is 15.4 Å². The predicted molar refractivity (Wildman–Crippen MR) is 123 cm³/mol. The molecule has 9 nitrogen and oxygen atoms in total. The van der Waals surface area contributed by atoms with Crippen molar-refractivity contribution in [3.05, 3.63) is 71.8 Å². The van der Waals surface area contributed by atoms with E-state index >= 15 is 0 Å². The first-order valence-electron chi connectivity index (χ1n) is 11.0. The van der Waals surface area contributed by atoms with Crippen LogP contribution in [0.25, 0.3) is 11.3 Å². The van der Waals surface area contributed by atoms with Crippen molar-refractivity contribution in [2.45, 2.75) is 32.6 Å². The van der Waals surface area contributed by atoms with Gasteiger partial charge >= 0.3 is 0 Å². The number of carbonyl (C=O) groups is 2. The van der Waals surface area contributed by atoms with Crippen molar-refractivity contribution < 1.29 is 9.59 Å². The fourth-order valence-corrected chi connectivity index (χ4v) is 4.23. The van der Waals surface area contributed by atoms with Crippen LogP contribution in [0.4, 0.5) is 5.82 Å². The molecule has 2 amide bonds. The van der Waals surface area contributed by atoms with Crippen LogP contribution in [0.2, 0.25) is 0 Å². The van der Waals surface area contributed by atoms with Crippen molar-refractivity contribution in [2.24, 2.45) is 0 Å². The van der Waals surface area contributed by atoms with E-state index in [4.69, 9.17) is 5.10 Å². The van der Waals surface area contributed by atoms with Gasteiger partial charge < -0.3 is 10.2 Å². The molecule has 9 heteroatoms. The zero-order valence-corrected chi connectivity index (χ0v) is 18.6. The van der Waals surface area contributed by atoms with E-state index in [1.807, 2.05) is 42.2 Å². The molecule has 1 saturated heterocycles. The highest BCUT2D eigenvalue weighted by molar-refractivity contribution is 6.07. The molecule has 33 heavy (non-hydrogen) atoms. The maximum Gasteiger partial charge on any atom is 0.262 e. The van der Waals surface area contributed by atoms with Crippen LogP contribution in [0.5, 0.6) is 0 Å². The molecule has 1 N–H and O–H groups in total. The van der Waals surface area contributed by atoms with Crippen molar-refractivity contribution in [1.29, 1.82) is 0 Å². The van der Waals surface area contributed by atoms with Crippen molar-refractivity contribution >= 4 is 23.3 Å². The van der Waals surface area contributed by atoms with E-state index in [9.17, 15) is 9.59 Å². The Bertz CT molecular complexity index is 1310. The summed E-state index contributed by atoms with van der Waals surface area (Å²) in [5, 5.41) is 12.1. The van der Waals surface area contributed by atoms with Crippen molar-refractivity contribution in [3.8, 4) is 5.69 Å². The lowest BCUT2D eigenvalue weighted by molar-refractivity contribution is -0.129. The van der Waals surface area contributed by atoms with Gasteiger partial charge in [-0.1, -0.05) is 17.7 Å². The molecular formula is C24H25N7O2. The summed E-state index contributed by atoms with van der Waals surface area (Å²) in [6, 6.07) is 11.7. The summed E-state index contributed by atoms with van der Waals surface area (Å²) >= 11 is 0. The van der Waals surface area contributed by atoms with Crippen LogP contribution in [0, 0.1) is 6.92 Å². The minimum atomic E-state index is -0.296. The third kappa shape index (κ3) is 4.09. The summed E-state index contributed by atoms with van der Waals surface area (Å²) in [4.78, 5) is 31.0. The highest BCUT2D eigenvalue weighted by Crippen LogP contribution is 2.30. The molecule has 0 unspecified atom stereocenters.